The van der Waals surface area contributed by atoms with Crippen LogP contribution in [0.15, 0.2) is 29.8 Å². The monoisotopic (exact) mass is 386 g/mol. The van der Waals surface area contributed by atoms with Gasteiger partial charge in [-0.3, -0.25) is 0 Å². The molecular formula is C23H34O3Si. The van der Waals surface area contributed by atoms with E-state index in [0.29, 0.717) is 28.6 Å². The van der Waals surface area contributed by atoms with E-state index in [1.54, 1.807) is 7.11 Å². The Bertz CT molecular complexity index is 699. The van der Waals surface area contributed by atoms with Crippen molar-refractivity contribution in [2.24, 2.45) is 0 Å². The van der Waals surface area contributed by atoms with Gasteiger partial charge in [0.15, 0.2) is 0 Å². The molecule has 1 rings (SSSR count). The average molecular weight is 387 g/mol. The molecule has 0 atom stereocenters. The van der Waals surface area contributed by atoms with Crippen molar-refractivity contribution in [2.45, 2.75) is 64.6 Å². The molecule has 0 saturated heterocycles. The Labute approximate surface area is 166 Å². The number of ether oxygens (including phenoxy) is 2. The molecule has 0 heterocycles. The zero-order valence-electron chi connectivity index (χ0n) is 18.1. The third-order valence-corrected chi connectivity index (χ3v) is 11.7. The maximum absolute atomic E-state index is 12.2. The summed E-state index contributed by atoms with van der Waals surface area (Å²) in [5.74, 6) is 3.77. The number of rotatable bonds is 7. The van der Waals surface area contributed by atoms with Crippen molar-refractivity contribution in [3.05, 3.63) is 35.4 Å². The Balaban J connectivity index is 3.24. The van der Waals surface area contributed by atoms with Crippen molar-refractivity contribution in [3.63, 3.8) is 0 Å². The predicted octanol–water partition coefficient (Wildman–Crippen LogP) is 5.86. The summed E-state index contributed by atoms with van der Waals surface area (Å²) < 4.78 is 10.2. The summed E-state index contributed by atoms with van der Waals surface area (Å²) in [5, 5.41) is 0. The molecule has 0 aliphatic rings. The molecule has 0 aliphatic carbocycles. The molecule has 148 valence electrons. The molecule has 0 saturated carbocycles. The van der Waals surface area contributed by atoms with E-state index in [0.717, 1.165) is 11.3 Å². The van der Waals surface area contributed by atoms with Crippen LogP contribution in [0.1, 0.15) is 53.5 Å². The molecule has 0 unspecified atom stereocenters. The quantitative estimate of drug-likeness (QED) is 0.255. The normalized spacial score (nSPS) is 12.2. The van der Waals surface area contributed by atoms with Gasteiger partial charge in [0, 0.05) is 12.0 Å². The number of benzene rings is 1. The zero-order chi connectivity index (χ0) is 20.6. The highest BCUT2D eigenvalue weighted by Gasteiger charge is 2.41. The second-order valence-electron chi connectivity index (χ2n) is 7.81. The summed E-state index contributed by atoms with van der Waals surface area (Å²) >= 11 is 0. The minimum Gasteiger partial charge on any atom is -0.497 e. The van der Waals surface area contributed by atoms with Gasteiger partial charge in [-0.25, -0.2) is 4.79 Å². The van der Waals surface area contributed by atoms with Gasteiger partial charge in [0.05, 0.1) is 14.2 Å². The molecule has 1 aromatic carbocycles. The van der Waals surface area contributed by atoms with E-state index < -0.39 is 8.07 Å². The van der Waals surface area contributed by atoms with E-state index in [4.69, 9.17) is 9.47 Å². The van der Waals surface area contributed by atoms with Crippen LogP contribution in [0.5, 0.6) is 5.75 Å². The van der Waals surface area contributed by atoms with Crippen molar-refractivity contribution < 1.29 is 14.3 Å². The van der Waals surface area contributed by atoms with Crippen LogP contribution in [0, 0.1) is 11.5 Å². The number of esters is 1. The average Bonchev–Trinajstić information content (AvgIpc) is 2.62. The van der Waals surface area contributed by atoms with Gasteiger partial charge in [-0.1, -0.05) is 53.7 Å². The summed E-state index contributed by atoms with van der Waals surface area (Å²) in [4.78, 5) is 12.2. The molecule has 0 N–H and O–H groups in total. The molecule has 0 bridgehead atoms. The fourth-order valence-corrected chi connectivity index (χ4v) is 9.23. The second kappa shape index (κ2) is 10.4. The second-order valence-corrected chi connectivity index (χ2v) is 13.4. The first-order valence-electron chi connectivity index (χ1n) is 9.61. The van der Waals surface area contributed by atoms with Crippen LogP contribution < -0.4 is 4.74 Å². The smallest absolute Gasteiger partial charge is 0.334 e. The van der Waals surface area contributed by atoms with Gasteiger partial charge in [-0.15, -0.1) is 11.5 Å². The van der Waals surface area contributed by atoms with Crippen molar-refractivity contribution in [3.8, 4) is 17.2 Å². The molecular weight excluding hydrogens is 352 g/mol. The van der Waals surface area contributed by atoms with Crippen LogP contribution in [0.4, 0.5) is 0 Å². The summed E-state index contributed by atoms with van der Waals surface area (Å²) in [6.07, 6.45) is 2.23. The molecule has 0 radical (unpaired) electrons. The standard InChI is InChI=1S/C23H34O3Si/c1-17(2)27(18(3)4,19(5)6)14-10-12-21(23(24)26-8)15-20-11-9-13-22(16-20)25-7/h9,11,13,15-19H,12H2,1-8H3/b21-15+. The zero-order valence-corrected chi connectivity index (χ0v) is 19.1. The topological polar surface area (TPSA) is 35.5 Å². The largest absolute Gasteiger partial charge is 0.497 e. The third-order valence-electron chi connectivity index (χ3n) is 5.33. The highest BCUT2D eigenvalue weighted by Crippen LogP contribution is 2.40. The number of hydrogen-bond donors (Lipinski definition) is 0. The van der Waals surface area contributed by atoms with Gasteiger partial charge < -0.3 is 9.47 Å². The lowest BCUT2D eigenvalue weighted by Gasteiger charge is -2.38. The number of carbonyl (C=O) groups is 1. The maximum atomic E-state index is 12.2. The SMILES string of the molecule is COC(=O)/C(=C/c1cccc(OC)c1)CC#C[Si](C(C)C)(C(C)C)C(C)C. The van der Waals surface area contributed by atoms with E-state index in [1.807, 2.05) is 30.3 Å². The lowest BCUT2D eigenvalue weighted by molar-refractivity contribution is -0.136. The van der Waals surface area contributed by atoms with Crippen LogP contribution in [0.2, 0.25) is 16.6 Å². The van der Waals surface area contributed by atoms with E-state index in [-0.39, 0.29) is 5.97 Å². The van der Waals surface area contributed by atoms with Gasteiger partial charge in [-0.05, 0) is 40.4 Å². The molecule has 3 nitrogen and oxygen atoms in total. The van der Waals surface area contributed by atoms with Crippen molar-refractivity contribution in [1.82, 2.24) is 0 Å². The minimum atomic E-state index is -1.81. The van der Waals surface area contributed by atoms with Crippen molar-refractivity contribution in [2.75, 3.05) is 14.2 Å². The molecule has 0 amide bonds. The molecule has 0 aromatic heterocycles. The van der Waals surface area contributed by atoms with Gasteiger partial charge in [0.25, 0.3) is 0 Å². The Kier molecular flexibility index (Phi) is 8.85. The number of hydrogen-bond acceptors (Lipinski definition) is 3. The minimum absolute atomic E-state index is 0.335. The first kappa shape index (κ1) is 23.0. The van der Waals surface area contributed by atoms with E-state index in [9.17, 15) is 4.79 Å². The van der Waals surface area contributed by atoms with Crippen molar-refractivity contribution in [1.29, 1.82) is 0 Å². The first-order chi connectivity index (χ1) is 12.7. The van der Waals surface area contributed by atoms with Crippen LogP contribution >= 0.6 is 0 Å². The highest BCUT2D eigenvalue weighted by atomic mass is 28.3. The maximum Gasteiger partial charge on any atom is 0.334 e. The van der Waals surface area contributed by atoms with E-state index in [2.05, 4.69) is 53.0 Å². The van der Waals surface area contributed by atoms with Crippen LogP contribution in [0.3, 0.4) is 0 Å². The molecule has 0 aliphatic heterocycles. The first-order valence-corrected chi connectivity index (χ1v) is 11.8. The van der Waals surface area contributed by atoms with Gasteiger partial charge in [-0.2, -0.15) is 0 Å². The molecule has 27 heavy (non-hydrogen) atoms. The number of methoxy groups -OCH3 is 2. The van der Waals surface area contributed by atoms with Crippen molar-refractivity contribution >= 4 is 20.1 Å². The predicted molar refractivity (Wildman–Crippen MR) is 116 cm³/mol. The Hall–Kier alpha value is -1.99. The summed E-state index contributed by atoms with van der Waals surface area (Å²) in [7, 11) is 1.23. The molecule has 0 spiro atoms. The molecule has 1 aromatic rings. The fraction of sp³-hybridized carbons (Fsp3) is 0.522. The summed E-state index contributed by atoms with van der Waals surface area (Å²) in [5.41, 5.74) is 6.82. The van der Waals surface area contributed by atoms with Gasteiger partial charge in [0.1, 0.15) is 13.8 Å². The summed E-state index contributed by atoms with van der Waals surface area (Å²) in [6.45, 7) is 13.7. The highest BCUT2D eigenvalue weighted by molar-refractivity contribution is 6.90. The lowest BCUT2D eigenvalue weighted by Crippen LogP contribution is -2.43. The Morgan fingerprint density at radius 3 is 2.15 bits per heavy atom. The van der Waals surface area contributed by atoms with E-state index >= 15 is 0 Å². The van der Waals surface area contributed by atoms with Crippen LogP contribution in [-0.2, 0) is 9.53 Å². The van der Waals surface area contributed by atoms with Crippen LogP contribution in [-0.4, -0.2) is 28.3 Å². The molecule has 0 fully saturated rings. The lowest BCUT2D eigenvalue weighted by atomic mass is 10.1. The number of carbonyl (C=O) groups excluding carboxylic acids is 1. The van der Waals surface area contributed by atoms with Gasteiger partial charge >= 0.3 is 5.97 Å². The third kappa shape index (κ3) is 5.74. The van der Waals surface area contributed by atoms with E-state index in [1.165, 1.54) is 7.11 Å². The fourth-order valence-electron chi connectivity index (χ4n) is 3.97. The summed E-state index contributed by atoms with van der Waals surface area (Å²) in [6, 6.07) is 7.61. The van der Waals surface area contributed by atoms with Gasteiger partial charge in [0.2, 0.25) is 0 Å². The Morgan fingerprint density at radius 1 is 1.07 bits per heavy atom. The molecule has 4 heteroatoms. The van der Waals surface area contributed by atoms with Crippen LogP contribution in [0.25, 0.3) is 6.08 Å². The Morgan fingerprint density at radius 2 is 1.67 bits per heavy atom.